The van der Waals surface area contributed by atoms with E-state index in [1.54, 1.807) is 17.4 Å². The summed E-state index contributed by atoms with van der Waals surface area (Å²) in [4.78, 5) is 37.8. The summed E-state index contributed by atoms with van der Waals surface area (Å²) in [5.74, 6) is 1.50. The van der Waals surface area contributed by atoms with Gasteiger partial charge in [-0.1, -0.05) is 23.7 Å². The first kappa shape index (κ1) is 21.1. The van der Waals surface area contributed by atoms with Crippen LogP contribution in [0.5, 0.6) is 0 Å². The summed E-state index contributed by atoms with van der Waals surface area (Å²) >= 11 is 7.67. The minimum Gasteiger partial charge on any atom is -0.358 e. The van der Waals surface area contributed by atoms with Crippen LogP contribution in [0, 0.1) is 0 Å². The molecule has 2 N–H and O–H groups in total. The molecule has 0 saturated carbocycles. The Hall–Kier alpha value is -3.43. The van der Waals surface area contributed by atoms with Gasteiger partial charge in [-0.3, -0.25) is 4.79 Å². The molecule has 1 atom stereocenters. The molecular formula is C24H22ClN7OS. The molecule has 4 heterocycles. The van der Waals surface area contributed by atoms with E-state index in [-0.39, 0.29) is 18.4 Å². The molecule has 0 radical (unpaired) electrons. The maximum absolute atomic E-state index is 13.1. The summed E-state index contributed by atoms with van der Waals surface area (Å²) in [6.07, 6.45) is 0.238. The number of anilines is 1. The number of nitrogens with zero attached hydrogens (tertiary/aromatic N) is 5. The lowest BCUT2D eigenvalue weighted by Gasteiger charge is -2.40. The van der Waals surface area contributed by atoms with E-state index in [0.717, 1.165) is 51.7 Å². The number of carbonyl (C=O) groups is 1. The van der Waals surface area contributed by atoms with Gasteiger partial charge in [0.05, 0.1) is 34.0 Å². The highest BCUT2D eigenvalue weighted by atomic mass is 35.5. The quantitative estimate of drug-likeness (QED) is 0.386. The smallest absolute Gasteiger partial charge is 0.230 e. The maximum atomic E-state index is 13.1. The molecule has 1 saturated heterocycles. The lowest BCUT2D eigenvalue weighted by Crippen LogP contribution is -2.54. The highest BCUT2D eigenvalue weighted by molar-refractivity contribution is 7.14. The highest BCUT2D eigenvalue weighted by Gasteiger charge is 2.30. The Morgan fingerprint density at radius 2 is 1.97 bits per heavy atom. The van der Waals surface area contributed by atoms with Gasteiger partial charge < -0.3 is 19.8 Å². The minimum absolute atomic E-state index is 0.0608. The molecule has 0 bridgehead atoms. The number of imidazole rings is 2. The monoisotopic (exact) mass is 491 g/mol. The zero-order valence-corrected chi connectivity index (χ0v) is 20.0. The Kier molecular flexibility index (Phi) is 5.23. The van der Waals surface area contributed by atoms with Crippen LogP contribution in [0.15, 0.2) is 48.0 Å². The van der Waals surface area contributed by atoms with Crippen molar-refractivity contribution in [3.63, 3.8) is 0 Å². The molecule has 0 unspecified atom stereocenters. The number of thiazole rings is 1. The average molecular weight is 492 g/mol. The lowest BCUT2D eigenvalue weighted by atomic mass is 10.1. The van der Waals surface area contributed by atoms with Gasteiger partial charge >= 0.3 is 0 Å². The van der Waals surface area contributed by atoms with Gasteiger partial charge in [-0.15, -0.1) is 11.3 Å². The Balaban J connectivity index is 1.17. The van der Waals surface area contributed by atoms with Gasteiger partial charge in [0, 0.05) is 30.7 Å². The summed E-state index contributed by atoms with van der Waals surface area (Å²) in [5.41, 5.74) is 6.29. The molecule has 10 heteroatoms. The van der Waals surface area contributed by atoms with E-state index in [9.17, 15) is 4.79 Å². The van der Waals surface area contributed by atoms with Crippen molar-refractivity contribution in [2.45, 2.75) is 19.4 Å². The molecule has 34 heavy (non-hydrogen) atoms. The fourth-order valence-electron chi connectivity index (χ4n) is 4.57. The Morgan fingerprint density at radius 1 is 1.12 bits per heavy atom. The van der Waals surface area contributed by atoms with E-state index in [0.29, 0.717) is 17.4 Å². The summed E-state index contributed by atoms with van der Waals surface area (Å²) < 4.78 is 0. The molecule has 0 spiro atoms. The van der Waals surface area contributed by atoms with Crippen LogP contribution in [0.1, 0.15) is 12.7 Å². The third-order valence-corrected chi connectivity index (χ3v) is 7.33. The summed E-state index contributed by atoms with van der Waals surface area (Å²) in [5, 5.41) is 1.72. The van der Waals surface area contributed by atoms with Crippen LogP contribution >= 0.6 is 22.9 Å². The molecule has 1 fully saturated rings. The molecule has 1 amide bonds. The molecule has 6 rings (SSSR count). The number of halogens is 1. The maximum Gasteiger partial charge on any atom is 0.230 e. The summed E-state index contributed by atoms with van der Waals surface area (Å²) in [6.45, 7) is 4.20. The average Bonchev–Trinajstić information content (AvgIpc) is 3.55. The van der Waals surface area contributed by atoms with E-state index >= 15 is 0 Å². The number of piperazine rings is 1. The largest absolute Gasteiger partial charge is 0.358 e. The van der Waals surface area contributed by atoms with Crippen LogP contribution < -0.4 is 4.90 Å². The molecular weight excluding hydrogens is 470 g/mol. The molecule has 3 aromatic heterocycles. The third-order valence-electron chi connectivity index (χ3n) is 6.21. The van der Waals surface area contributed by atoms with Crippen LogP contribution in [0.3, 0.4) is 0 Å². The number of benzene rings is 2. The Morgan fingerprint density at radius 3 is 2.82 bits per heavy atom. The standard InChI is InChI=1S/C24H22ClN7OS/c1-14-12-31(24-22(26-13-34-24)23-29-16-4-2-3-5-17(16)30-23)8-9-32(14)21(33)11-20-27-18-7-6-15(25)10-19(18)28-20/h2-7,10,13-14H,8-9,11-12H2,1H3,(H,27,28)(H,29,30)/t14-/m1/s1. The van der Waals surface area contributed by atoms with Crippen molar-refractivity contribution in [1.29, 1.82) is 0 Å². The van der Waals surface area contributed by atoms with E-state index in [1.807, 2.05) is 46.8 Å². The first-order chi connectivity index (χ1) is 16.5. The molecule has 8 nitrogen and oxygen atoms in total. The van der Waals surface area contributed by atoms with Crippen LogP contribution in [-0.2, 0) is 11.2 Å². The van der Waals surface area contributed by atoms with Gasteiger partial charge in [-0.05, 0) is 37.3 Å². The van der Waals surface area contributed by atoms with Gasteiger partial charge in [0.15, 0.2) is 5.82 Å². The van der Waals surface area contributed by atoms with Gasteiger partial charge in [-0.2, -0.15) is 0 Å². The second kappa shape index (κ2) is 8.41. The first-order valence-electron chi connectivity index (χ1n) is 11.1. The van der Waals surface area contributed by atoms with Crippen LogP contribution in [-0.4, -0.2) is 61.4 Å². The third kappa shape index (κ3) is 3.80. The minimum atomic E-state index is 0.0608. The number of amides is 1. The van der Waals surface area contributed by atoms with Crippen molar-refractivity contribution < 1.29 is 4.79 Å². The Labute approximate surface area is 204 Å². The number of hydrogen-bond acceptors (Lipinski definition) is 6. The molecule has 1 aliphatic rings. The van der Waals surface area contributed by atoms with Crippen LogP contribution in [0.4, 0.5) is 5.00 Å². The Bertz CT molecular complexity index is 1470. The number of nitrogens with one attached hydrogen (secondary N) is 2. The molecule has 2 aromatic carbocycles. The topological polar surface area (TPSA) is 93.8 Å². The van der Waals surface area contributed by atoms with E-state index in [4.69, 9.17) is 16.6 Å². The summed E-state index contributed by atoms with van der Waals surface area (Å²) in [7, 11) is 0. The number of aromatic nitrogens is 5. The van der Waals surface area contributed by atoms with Gasteiger partial charge in [0.1, 0.15) is 16.5 Å². The highest BCUT2D eigenvalue weighted by Crippen LogP contribution is 2.34. The van der Waals surface area contributed by atoms with Crippen molar-refractivity contribution in [2.75, 3.05) is 24.5 Å². The molecule has 172 valence electrons. The van der Waals surface area contributed by atoms with E-state index in [2.05, 4.69) is 31.8 Å². The number of rotatable bonds is 4. The lowest BCUT2D eigenvalue weighted by molar-refractivity contribution is -0.132. The number of hydrogen-bond donors (Lipinski definition) is 2. The van der Waals surface area contributed by atoms with Crippen molar-refractivity contribution >= 4 is 55.9 Å². The number of aromatic amines is 2. The number of para-hydroxylation sites is 2. The van der Waals surface area contributed by atoms with Crippen molar-refractivity contribution in [2.24, 2.45) is 0 Å². The van der Waals surface area contributed by atoms with Crippen LogP contribution in [0.2, 0.25) is 5.02 Å². The predicted octanol–water partition coefficient (Wildman–Crippen LogP) is 4.50. The van der Waals surface area contributed by atoms with Crippen LogP contribution in [0.25, 0.3) is 33.6 Å². The first-order valence-corrected chi connectivity index (χ1v) is 12.4. The fraction of sp³-hybridized carbons (Fsp3) is 0.250. The molecule has 0 aliphatic carbocycles. The second-order valence-electron chi connectivity index (χ2n) is 8.51. The fourth-order valence-corrected chi connectivity index (χ4v) is 5.57. The van der Waals surface area contributed by atoms with Crippen molar-refractivity contribution in [3.8, 4) is 11.5 Å². The zero-order valence-electron chi connectivity index (χ0n) is 18.5. The normalized spacial score (nSPS) is 16.6. The molecule has 1 aliphatic heterocycles. The van der Waals surface area contributed by atoms with Gasteiger partial charge in [-0.25, -0.2) is 15.0 Å². The predicted molar refractivity (Wildman–Crippen MR) is 135 cm³/mol. The molecule has 5 aromatic rings. The number of fused-ring (bicyclic) bond motifs is 2. The zero-order chi connectivity index (χ0) is 23.2. The number of carbonyl (C=O) groups excluding carboxylic acids is 1. The van der Waals surface area contributed by atoms with Gasteiger partial charge in [0.25, 0.3) is 0 Å². The second-order valence-corrected chi connectivity index (χ2v) is 9.78. The van der Waals surface area contributed by atoms with Crippen molar-refractivity contribution in [3.05, 3.63) is 58.8 Å². The summed E-state index contributed by atoms with van der Waals surface area (Å²) in [6, 6.07) is 13.5. The van der Waals surface area contributed by atoms with Crippen molar-refractivity contribution in [1.82, 2.24) is 29.8 Å². The SMILES string of the molecule is C[C@@H]1CN(c2scnc2-c2nc3ccccc3[nH]2)CCN1C(=O)Cc1nc2ccc(Cl)cc2[nH]1. The number of H-pyrrole nitrogens is 2. The van der Waals surface area contributed by atoms with E-state index in [1.165, 1.54) is 0 Å². The van der Waals surface area contributed by atoms with E-state index < -0.39 is 0 Å². The van der Waals surface area contributed by atoms with Gasteiger partial charge in [0.2, 0.25) is 5.91 Å².